The van der Waals surface area contributed by atoms with Gasteiger partial charge in [0.25, 0.3) is 0 Å². The molecule has 2 heterocycles. The Morgan fingerprint density at radius 2 is 2.14 bits per heavy atom. The molecule has 0 saturated carbocycles. The van der Waals surface area contributed by atoms with E-state index in [4.69, 9.17) is 4.98 Å². The second-order valence-electron chi connectivity index (χ2n) is 5.37. The van der Waals surface area contributed by atoms with E-state index in [1.165, 1.54) is 10.3 Å². The van der Waals surface area contributed by atoms with Crippen LogP contribution in [0, 0.1) is 0 Å². The normalized spacial score (nSPS) is 12.9. The lowest BCUT2D eigenvalue weighted by molar-refractivity contribution is 0.569. The Balaban J connectivity index is 1.71. The number of fused-ring (bicyclic) bond motifs is 1. The molecule has 0 radical (unpaired) electrons. The molecule has 1 unspecified atom stereocenters. The van der Waals surface area contributed by atoms with E-state index in [0.717, 1.165) is 30.0 Å². The first-order chi connectivity index (χ1) is 10.3. The van der Waals surface area contributed by atoms with Gasteiger partial charge in [-0.1, -0.05) is 19.1 Å². The molecule has 1 N–H and O–H groups in total. The lowest BCUT2D eigenvalue weighted by Crippen LogP contribution is -2.18. The predicted octanol–water partition coefficient (Wildman–Crippen LogP) is 4.21. The van der Waals surface area contributed by atoms with Crippen LogP contribution in [0.5, 0.6) is 0 Å². The number of nitrogens with zero attached hydrogens (tertiary/aromatic N) is 2. The van der Waals surface area contributed by atoms with Gasteiger partial charge in [0, 0.05) is 18.4 Å². The van der Waals surface area contributed by atoms with Crippen molar-refractivity contribution in [2.45, 2.75) is 32.9 Å². The number of thiazole rings is 1. The van der Waals surface area contributed by atoms with Gasteiger partial charge in [-0.25, -0.2) is 4.98 Å². The number of hydrogen-bond acceptors (Lipinski definition) is 3. The summed E-state index contributed by atoms with van der Waals surface area (Å²) in [6, 6.07) is 10.9. The first-order valence-electron chi connectivity index (χ1n) is 7.50. The van der Waals surface area contributed by atoms with Crippen LogP contribution >= 0.6 is 11.3 Å². The van der Waals surface area contributed by atoms with Gasteiger partial charge >= 0.3 is 0 Å². The maximum absolute atomic E-state index is 4.69. The average molecular weight is 299 g/mol. The van der Waals surface area contributed by atoms with Gasteiger partial charge in [0.05, 0.1) is 16.8 Å². The van der Waals surface area contributed by atoms with Gasteiger partial charge in [-0.05, 0) is 43.7 Å². The van der Waals surface area contributed by atoms with Gasteiger partial charge in [0.1, 0.15) is 5.01 Å². The van der Waals surface area contributed by atoms with Crippen molar-refractivity contribution in [2.24, 2.45) is 0 Å². The van der Waals surface area contributed by atoms with E-state index in [9.17, 15) is 0 Å². The Morgan fingerprint density at radius 3 is 2.95 bits per heavy atom. The zero-order valence-electron chi connectivity index (χ0n) is 12.5. The summed E-state index contributed by atoms with van der Waals surface area (Å²) in [7, 11) is 0. The minimum atomic E-state index is 0.404. The van der Waals surface area contributed by atoms with Crippen LogP contribution in [0.15, 0.2) is 42.7 Å². The molecule has 21 heavy (non-hydrogen) atoms. The lowest BCUT2D eigenvalue weighted by Gasteiger charge is -2.11. The van der Waals surface area contributed by atoms with E-state index >= 15 is 0 Å². The molecule has 0 amide bonds. The molecule has 0 aliphatic heterocycles. The second-order valence-corrected chi connectivity index (χ2v) is 6.48. The molecule has 0 saturated heterocycles. The third-order valence-corrected chi connectivity index (χ3v) is 4.65. The van der Waals surface area contributed by atoms with Crippen LogP contribution in [-0.2, 0) is 6.54 Å². The largest absolute Gasteiger partial charge is 0.347 e. The summed E-state index contributed by atoms with van der Waals surface area (Å²) in [5.41, 5.74) is 2.44. The zero-order valence-corrected chi connectivity index (χ0v) is 13.4. The van der Waals surface area contributed by atoms with Gasteiger partial charge in [0.15, 0.2) is 0 Å². The van der Waals surface area contributed by atoms with Crippen molar-refractivity contribution in [1.82, 2.24) is 14.9 Å². The molecule has 0 bridgehead atoms. The molecule has 3 nitrogen and oxygen atoms in total. The summed E-state index contributed by atoms with van der Waals surface area (Å²) in [4.78, 5) is 4.69. The fourth-order valence-electron chi connectivity index (χ4n) is 2.44. The van der Waals surface area contributed by atoms with Crippen LogP contribution in [0.25, 0.3) is 10.2 Å². The average Bonchev–Trinajstić information content (AvgIpc) is 3.11. The minimum absolute atomic E-state index is 0.404. The number of benzene rings is 1. The van der Waals surface area contributed by atoms with E-state index in [0.29, 0.717) is 6.04 Å². The van der Waals surface area contributed by atoms with Crippen LogP contribution in [0.3, 0.4) is 0 Å². The van der Waals surface area contributed by atoms with Crippen molar-refractivity contribution < 1.29 is 0 Å². The molecule has 2 aromatic heterocycles. The first kappa shape index (κ1) is 14.3. The number of rotatable bonds is 6. The van der Waals surface area contributed by atoms with Crippen molar-refractivity contribution in [3.05, 3.63) is 53.3 Å². The summed E-state index contributed by atoms with van der Waals surface area (Å²) in [5.74, 6) is 0. The fourth-order valence-corrected chi connectivity index (χ4v) is 3.41. The number of para-hydroxylation sites is 1. The minimum Gasteiger partial charge on any atom is -0.347 e. The quantitative estimate of drug-likeness (QED) is 0.739. The molecule has 0 aliphatic rings. The van der Waals surface area contributed by atoms with Gasteiger partial charge < -0.3 is 9.88 Å². The SMILES string of the molecule is CCCNC(C)c1ccn(Cc2nc3ccccc3s2)c1. The Kier molecular flexibility index (Phi) is 4.36. The summed E-state index contributed by atoms with van der Waals surface area (Å²) in [6.07, 6.45) is 5.53. The lowest BCUT2D eigenvalue weighted by atomic mass is 10.2. The molecule has 3 aromatic rings. The third-order valence-electron chi connectivity index (χ3n) is 3.63. The van der Waals surface area contributed by atoms with E-state index in [-0.39, 0.29) is 0 Å². The first-order valence-corrected chi connectivity index (χ1v) is 8.31. The Labute approximate surface area is 129 Å². The maximum Gasteiger partial charge on any atom is 0.114 e. The predicted molar refractivity (Wildman–Crippen MR) is 89.9 cm³/mol. The third kappa shape index (κ3) is 3.34. The standard InChI is InChI=1S/C17H21N3S/c1-3-9-18-13(2)14-8-10-20(11-14)12-17-19-15-6-4-5-7-16(15)21-17/h4-8,10-11,13,18H,3,9,12H2,1-2H3. The monoisotopic (exact) mass is 299 g/mol. The summed E-state index contributed by atoms with van der Waals surface area (Å²) in [6.45, 7) is 6.31. The molecular formula is C17H21N3S. The van der Waals surface area contributed by atoms with Crippen LogP contribution in [0.4, 0.5) is 0 Å². The van der Waals surface area contributed by atoms with Crippen LogP contribution in [-0.4, -0.2) is 16.1 Å². The highest BCUT2D eigenvalue weighted by atomic mass is 32.1. The van der Waals surface area contributed by atoms with Crippen LogP contribution in [0.2, 0.25) is 0 Å². The second kappa shape index (κ2) is 6.41. The molecule has 4 heteroatoms. The van der Waals surface area contributed by atoms with E-state index in [1.807, 2.05) is 6.07 Å². The van der Waals surface area contributed by atoms with Gasteiger partial charge in [0.2, 0.25) is 0 Å². The van der Waals surface area contributed by atoms with Gasteiger partial charge in [-0.15, -0.1) is 11.3 Å². The number of nitrogens with one attached hydrogen (secondary N) is 1. The van der Waals surface area contributed by atoms with Crippen molar-refractivity contribution in [1.29, 1.82) is 0 Å². The molecule has 0 aliphatic carbocycles. The van der Waals surface area contributed by atoms with Gasteiger partial charge in [-0.2, -0.15) is 0 Å². The van der Waals surface area contributed by atoms with Crippen molar-refractivity contribution in [3.63, 3.8) is 0 Å². The topological polar surface area (TPSA) is 29.9 Å². The maximum atomic E-state index is 4.69. The highest BCUT2D eigenvalue weighted by Gasteiger charge is 2.08. The summed E-state index contributed by atoms with van der Waals surface area (Å²) < 4.78 is 3.48. The van der Waals surface area contributed by atoms with E-state index in [2.05, 4.69) is 60.4 Å². The van der Waals surface area contributed by atoms with E-state index < -0.39 is 0 Å². The van der Waals surface area contributed by atoms with Gasteiger partial charge in [-0.3, -0.25) is 0 Å². The summed E-state index contributed by atoms with van der Waals surface area (Å²) in [5, 5.41) is 4.68. The Bertz CT molecular complexity index is 680. The molecule has 1 aromatic carbocycles. The summed E-state index contributed by atoms with van der Waals surface area (Å²) >= 11 is 1.78. The van der Waals surface area contributed by atoms with Crippen molar-refractivity contribution >= 4 is 21.6 Å². The van der Waals surface area contributed by atoms with Crippen molar-refractivity contribution in [3.8, 4) is 0 Å². The smallest absolute Gasteiger partial charge is 0.114 e. The zero-order chi connectivity index (χ0) is 14.7. The van der Waals surface area contributed by atoms with E-state index in [1.54, 1.807) is 11.3 Å². The Hall–Kier alpha value is -1.65. The van der Waals surface area contributed by atoms with Crippen molar-refractivity contribution in [2.75, 3.05) is 6.54 Å². The molecular weight excluding hydrogens is 278 g/mol. The highest BCUT2D eigenvalue weighted by Crippen LogP contribution is 2.22. The highest BCUT2D eigenvalue weighted by molar-refractivity contribution is 7.18. The number of aromatic nitrogens is 2. The number of hydrogen-bond donors (Lipinski definition) is 1. The molecule has 110 valence electrons. The molecule has 0 fully saturated rings. The molecule has 0 spiro atoms. The molecule has 1 atom stereocenters. The molecule has 3 rings (SSSR count). The fraction of sp³-hybridized carbons (Fsp3) is 0.353. The van der Waals surface area contributed by atoms with Crippen LogP contribution in [0.1, 0.15) is 36.9 Å². The van der Waals surface area contributed by atoms with Crippen LogP contribution < -0.4 is 5.32 Å². The Morgan fingerprint density at radius 1 is 1.29 bits per heavy atom.